The summed E-state index contributed by atoms with van der Waals surface area (Å²) in [7, 11) is 0. The molecule has 8 heteroatoms. The maximum atomic E-state index is 12.2. The van der Waals surface area contributed by atoms with Crippen LogP contribution in [0.25, 0.3) is 11.2 Å². The number of fused-ring (bicyclic) bond motifs is 1. The van der Waals surface area contributed by atoms with Crippen molar-refractivity contribution in [3.63, 3.8) is 0 Å². The van der Waals surface area contributed by atoms with Gasteiger partial charge in [0.2, 0.25) is 5.95 Å². The van der Waals surface area contributed by atoms with E-state index in [-0.39, 0.29) is 5.69 Å². The number of benzene rings is 1. The number of rotatable bonds is 7. The maximum absolute atomic E-state index is 12.2. The molecule has 0 aliphatic heterocycles. The number of halogens is 1. The van der Waals surface area contributed by atoms with E-state index in [0.717, 1.165) is 12.0 Å². The third-order valence-electron chi connectivity index (χ3n) is 3.74. The monoisotopic (exact) mass is 346 g/mol. The number of H-pyrrole nitrogens is 1. The highest BCUT2D eigenvalue weighted by Crippen LogP contribution is 2.17. The lowest BCUT2D eigenvalue weighted by molar-refractivity contribution is 0.685. The number of anilines is 1. The van der Waals surface area contributed by atoms with Crippen molar-refractivity contribution in [2.75, 3.05) is 18.4 Å². The van der Waals surface area contributed by atoms with Crippen molar-refractivity contribution in [1.82, 2.24) is 19.5 Å². The van der Waals surface area contributed by atoms with Crippen LogP contribution in [0.1, 0.15) is 12.0 Å². The average molecular weight is 347 g/mol. The first-order valence-corrected chi connectivity index (χ1v) is 8.19. The van der Waals surface area contributed by atoms with Crippen LogP contribution in [-0.4, -0.2) is 32.6 Å². The molecule has 2 heterocycles. The van der Waals surface area contributed by atoms with E-state index in [4.69, 9.17) is 17.3 Å². The topological polar surface area (TPSA) is 102 Å². The third kappa shape index (κ3) is 3.58. The second-order valence-electron chi connectivity index (χ2n) is 5.42. The fourth-order valence-corrected chi connectivity index (χ4v) is 2.70. The van der Waals surface area contributed by atoms with Crippen LogP contribution in [0.3, 0.4) is 0 Å². The van der Waals surface area contributed by atoms with E-state index in [1.54, 1.807) is 10.8 Å². The lowest BCUT2D eigenvalue weighted by Crippen LogP contribution is -2.18. The number of nitrogens with two attached hydrogens (primary N) is 1. The Morgan fingerprint density at radius 3 is 2.96 bits per heavy atom. The molecule has 0 fully saturated rings. The molecular weight excluding hydrogens is 328 g/mol. The Morgan fingerprint density at radius 2 is 2.17 bits per heavy atom. The molecular formula is C16H19ClN6O. The lowest BCUT2D eigenvalue weighted by atomic mass is 10.1. The minimum atomic E-state index is -0.203. The average Bonchev–Trinajstić information content (AvgIpc) is 2.89. The molecule has 24 heavy (non-hydrogen) atoms. The van der Waals surface area contributed by atoms with Gasteiger partial charge in [-0.1, -0.05) is 29.8 Å². The molecule has 3 rings (SSSR count). The zero-order valence-corrected chi connectivity index (χ0v) is 13.9. The summed E-state index contributed by atoms with van der Waals surface area (Å²) in [6.45, 7) is 1.78. The largest absolute Gasteiger partial charge is 0.354 e. The van der Waals surface area contributed by atoms with Gasteiger partial charge in [-0.15, -0.1) is 0 Å². The van der Waals surface area contributed by atoms with Crippen molar-refractivity contribution in [2.45, 2.75) is 19.4 Å². The van der Waals surface area contributed by atoms with Crippen LogP contribution in [0.2, 0.25) is 5.02 Å². The first-order chi connectivity index (χ1) is 11.7. The minimum absolute atomic E-state index is 0.203. The summed E-state index contributed by atoms with van der Waals surface area (Å²) in [5.74, 6) is 0.487. The van der Waals surface area contributed by atoms with Crippen LogP contribution in [0.5, 0.6) is 0 Å². The van der Waals surface area contributed by atoms with Gasteiger partial charge in [-0.3, -0.25) is 4.57 Å². The molecule has 0 saturated carbocycles. The van der Waals surface area contributed by atoms with Gasteiger partial charge in [0.15, 0.2) is 5.65 Å². The van der Waals surface area contributed by atoms with Crippen LogP contribution in [-0.2, 0) is 13.0 Å². The molecule has 4 N–H and O–H groups in total. The molecule has 1 aromatic carbocycles. The molecule has 0 atom stereocenters. The number of nitrogens with zero attached hydrogens (tertiary/aromatic N) is 3. The van der Waals surface area contributed by atoms with Crippen molar-refractivity contribution in [3.05, 3.63) is 51.5 Å². The van der Waals surface area contributed by atoms with Crippen molar-refractivity contribution < 1.29 is 0 Å². The van der Waals surface area contributed by atoms with E-state index >= 15 is 0 Å². The first-order valence-electron chi connectivity index (χ1n) is 7.82. The highest BCUT2D eigenvalue weighted by atomic mass is 35.5. The van der Waals surface area contributed by atoms with Crippen LogP contribution < -0.4 is 16.7 Å². The molecule has 0 spiro atoms. The van der Waals surface area contributed by atoms with E-state index in [0.29, 0.717) is 48.2 Å². The highest BCUT2D eigenvalue weighted by Gasteiger charge is 2.10. The second kappa shape index (κ2) is 7.46. The number of hydrogen-bond donors (Lipinski definition) is 3. The molecule has 0 saturated heterocycles. The molecule has 2 aromatic heterocycles. The van der Waals surface area contributed by atoms with Crippen LogP contribution in [0, 0.1) is 0 Å². The van der Waals surface area contributed by atoms with E-state index < -0.39 is 0 Å². The van der Waals surface area contributed by atoms with Crippen molar-refractivity contribution in [2.24, 2.45) is 5.73 Å². The smallest absolute Gasteiger partial charge is 0.327 e. The Kier molecular flexibility index (Phi) is 5.12. The summed E-state index contributed by atoms with van der Waals surface area (Å²) in [4.78, 5) is 23.6. The molecule has 0 radical (unpaired) electrons. The molecule has 0 unspecified atom stereocenters. The van der Waals surface area contributed by atoms with Gasteiger partial charge in [-0.2, -0.15) is 4.98 Å². The molecule has 0 aliphatic carbocycles. The Balaban J connectivity index is 1.83. The van der Waals surface area contributed by atoms with Gasteiger partial charge in [0.1, 0.15) is 5.52 Å². The van der Waals surface area contributed by atoms with Crippen molar-refractivity contribution >= 4 is 28.7 Å². The zero-order chi connectivity index (χ0) is 16.9. The van der Waals surface area contributed by atoms with Gasteiger partial charge in [0, 0.05) is 18.1 Å². The van der Waals surface area contributed by atoms with Gasteiger partial charge >= 0.3 is 5.69 Å². The van der Waals surface area contributed by atoms with E-state index in [9.17, 15) is 4.79 Å². The predicted molar refractivity (Wildman–Crippen MR) is 95.5 cm³/mol. The quantitative estimate of drug-likeness (QED) is 0.566. The van der Waals surface area contributed by atoms with Gasteiger partial charge in [0.25, 0.3) is 0 Å². The summed E-state index contributed by atoms with van der Waals surface area (Å²) in [6, 6.07) is 7.62. The molecule has 0 bridgehead atoms. The number of aromatic amines is 1. The lowest BCUT2D eigenvalue weighted by Gasteiger charge is -2.06. The Hall–Kier alpha value is -2.38. The highest BCUT2D eigenvalue weighted by molar-refractivity contribution is 6.31. The standard InChI is InChI=1S/C16H19ClN6O/c17-12-5-2-1-4-11(12)6-9-23-14-13(21-16(23)24)10-20-15(22-14)19-8-3-7-18/h1-2,4-5,10H,3,6-9,18H2,(H,21,24)(H,19,20,22). The molecule has 0 aliphatic rings. The van der Waals surface area contributed by atoms with Gasteiger partial charge in [-0.05, 0) is 31.0 Å². The zero-order valence-electron chi connectivity index (χ0n) is 13.1. The van der Waals surface area contributed by atoms with Crippen LogP contribution >= 0.6 is 11.6 Å². The fourth-order valence-electron chi connectivity index (χ4n) is 2.47. The summed E-state index contributed by atoms with van der Waals surface area (Å²) in [5.41, 5.74) is 7.46. The van der Waals surface area contributed by atoms with E-state index in [1.165, 1.54) is 0 Å². The Morgan fingerprint density at radius 1 is 1.33 bits per heavy atom. The summed E-state index contributed by atoms with van der Waals surface area (Å²) >= 11 is 6.18. The first kappa shape index (κ1) is 16.5. The SMILES string of the molecule is NCCCNc1ncc2[nH]c(=O)n(CCc3ccccc3Cl)c2n1. The summed E-state index contributed by atoms with van der Waals surface area (Å²) in [6.07, 6.45) is 3.08. The number of aryl methyl sites for hydroxylation is 2. The fraction of sp³-hybridized carbons (Fsp3) is 0.312. The Bertz CT molecular complexity index is 888. The number of nitrogens with one attached hydrogen (secondary N) is 2. The van der Waals surface area contributed by atoms with Crippen LogP contribution in [0.4, 0.5) is 5.95 Å². The third-order valence-corrected chi connectivity index (χ3v) is 4.11. The maximum Gasteiger partial charge on any atom is 0.327 e. The van der Waals surface area contributed by atoms with E-state index in [2.05, 4.69) is 20.3 Å². The number of imidazole rings is 1. The van der Waals surface area contributed by atoms with Gasteiger partial charge in [-0.25, -0.2) is 9.78 Å². The molecule has 3 aromatic rings. The van der Waals surface area contributed by atoms with Crippen LogP contribution in [0.15, 0.2) is 35.3 Å². The number of hydrogen-bond acceptors (Lipinski definition) is 5. The molecule has 126 valence electrons. The predicted octanol–water partition coefficient (Wildman–Crippen LogP) is 1.78. The molecule has 0 amide bonds. The van der Waals surface area contributed by atoms with Crippen molar-refractivity contribution in [3.8, 4) is 0 Å². The van der Waals surface area contributed by atoms with Gasteiger partial charge < -0.3 is 16.0 Å². The molecule has 7 nitrogen and oxygen atoms in total. The second-order valence-corrected chi connectivity index (χ2v) is 5.83. The van der Waals surface area contributed by atoms with Crippen molar-refractivity contribution in [1.29, 1.82) is 0 Å². The minimum Gasteiger partial charge on any atom is -0.354 e. The normalized spacial score (nSPS) is 11.1. The van der Waals surface area contributed by atoms with Gasteiger partial charge in [0.05, 0.1) is 6.20 Å². The Labute approximate surface area is 143 Å². The van der Waals surface area contributed by atoms with E-state index in [1.807, 2.05) is 24.3 Å². The summed E-state index contributed by atoms with van der Waals surface area (Å²) < 4.78 is 1.61. The number of aromatic nitrogens is 4. The summed E-state index contributed by atoms with van der Waals surface area (Å²) in [5, 5.41) is 3.80.